The van der Waals surface area contributed by atoms with Gasteiger partial charge in [-0.2, -0.15) is 0 Å². The Labute approximate surface area is 141 Å². The molecule has 0 spiro atoms. The fourth-order valence-corrected chi connectivity index (χ4v) is 5.64. The molecule has 1 amide bonds. The maximum absolute atomic E-state index is 12.8. The Balaban J connectivity index is 1.28. The Bertz CT molecular complexity index is 581. The van der Waals surface area contributed by atoms with Crippen molar-refractivity contribution in [3.8, 4) is 0 Å². The van der Waals surface area contributed by atoms with Gasteiger partial charge in [0.05, 0.1) is 23.7 Å². The summed E-state index contributed by atoms with van der Waals surface area (Å²) in [6.07, 6.45) is 2.24. The summed E-state index contributed by atoms with van der Waals surface area (Å²) >= 11 is 1.62. The largest absolute Gasteiger partial charge is 0.332 e. The normalized spacial score (nSPS) is 39.6. The summed E-state index contributed by atoms with van der Waals surface area (Å²) in [5.41, 5.74) is 2.91. The molecule has 5 fully saturated rings. The second-order valence-corrected chi connectivity index (χ2v) is 8.46. The van der Waals surface area contributed by atoms with E-state index in [0.717, 1.165) is 49.4 Å². The Morgan fingerprint density at radius 2 is 2.13 bits per heavy atom. The maximum atomic E-state index is 12.8. The van der Waals surface area contributed by atoms with Crippen LogP contribution in [0.2, 0.25) is 0 Å². The summed E-state index contributed by atoms with van der Waals surface area (Å²) in [4.78, 5) is 21.9. The third-order valence-corrected chi connectivity index (χ3v) is 7.06. The van der Waals surface area contributed by atoms with E-state index in [-0.39, 0.29) is 5.92 Å². The lowest BCUT2D eigenvalue weighted by molar-refractivity contribution is -0.140. The molecular weight excluding hydrogens is 308 g/mol. The zero-order valence-electron chi connectivity index (χ0n) is 13.4. The average Bonchev–Trinajstić information content (AvgIpc) is 2.93. The van der Waals surface area contributed by atoms with Crippen molar-refractivity contribution in [2.24, 2.45) is 23.7 Å². The second-order valence-electron chi connectivity index (χ2n) is 7.74. The molecule has 5 heterocycles. The van der Waals surface area contributed by atoms with Crippen LogP contribution >= 0.6 is 11.3 Å². The Hall–Kier alpha value is -0.980. The molecule has 0 aromatic carbocycles. The molecule has 6 heteroatoms. The number of fused-ring (bicyclic) bond motifs is 5. The van der Waals surface area contributed by atoms with Gasteiger partial charge in [0.1, 0.15) is 0 Å². The van der Waals surface area contributed by atoms with Crippen LogP contribution in [-0.2, 0) is 11.3 Å². The van der Waals surface area contributed by atoms with Gasteiger partial charge in [-0.15, -0.1) is 11.3 Å². The van der Waals surface area contributed by atoms with Crippen LogP contribution in [0.25, 0.3) is 0 Å². The van der Waals surface area contributed by atoms with Crippen LogP contribution in [0, 0.1) is 23.7 Å². The van der Waals surface area contributed by atoms with Crippen LogP contribution < -0.4 is 5.32 Å². The summed E-state index contributed by atoms with van der Waals surface area (Å²) in [6.45, 7) is 6.38. The molecule has 1 N–H and O–H groups in total. The summed E-state index contributed by atoms with van der Waals surface area (Å²) in [5.74, 6) is 3.30. The van der Waals surface area contributed by atoms with E-state index in [9.17, 15) is 4.79 Å². The summed E-state index contributed by atoms with van der Waals surface area (Å²) in [7, 11) is 0. The van der Waals surface area contributed by atoms with E-state index >= 15 is 0 Å². The molecule has 4 saturated heterocycles. The minimum absolute atomic E-state index is 0.212. The maximum Gasteiger partial charge on any atom is 0.227 e. The lowest BCUT2D eigenvalue weighted by Crippen LogP contribution is -2.47. The van der Waals surface area contributed by atoms with E-state index in [1.807, 2.05) is 5.51 Å². The van der Waals surface area contributed by atoms with Crippen molar-refractivity contribution in [2.75, 3.05) is 32.7 Å². The van der Waals surface area contributed by atoms with Gasteiger partial charge in [0.15, 0.2) is 0 Å². The molecule has 124 valence electrons. The number of amides is 1. The lowest BCUT2D eigenvalue weighted by atomic mass is 9.94. The Morgan fingerprint density at radius 3 is 2.91 bits per heavy atom. The van der Waals surface area contributed by atoms with Crippen LogP contribution in [0.3, 0.4) is 0 Å². The molecule has 1 unspecified atom stereocenters. The van der Waals surface area contributed by atoms with Crippen molar-refractivity contribution in [3.05, 3.63) is 16.6 Å². The molecule has 1 saturated carbocycles. The van der Waals surface area contributed by atoms with Gasteiger partial charge in [0, 0.05) is 31.1 Å². The van der Waals surface area contributed by atoms with E-state index in [0.29, 0.717) is 18.5 Å². The van der Waals surface area contributed by atoms with E-state index in [1.54, 1.807) is 11.3 Å². The molecule has 5 nitrogen and oxygen atoms in total. The summed E-state index contributed by atoms with van der Waals surface area (Å²) < 4.78 is 0. The van der Waals surface area contributed by atoms with Crippen LogP contribution in [0.4, 0.5) is 0 Å². The number of thiazole rings is 1. The van der Waals surface area contributed by atoms with Gasteiger partial charge in [-0.3, -0.25) is 4.79 Å². The van der Waals surface area contributed by atoms with E-state index in [1.165, 1.54) is 19.6 Å². The van der Waals surface area contributed by atoms with E-state index < -0.39 is 0 Å². The fourth-order valence-electron chi connectivity index (χ4n) is 5.09. The molecule has 1 aliphatic carbocycles. The first kappa shape index (κ1) is 14.4. The van der Waals surface area contributed by atoms with Crippen molar-refractivity contribution in [1.82, 2.24) is 20.1 Å². The molecule has 2 bridgehead atoms. The highest BCUT2D eigenvalue weighted by Crippen LogP contribution is 2.49. The fraction of sp³-hybridized carbons (Fsp3) is 0.765. The second kappa shape index (κ2) is 5.53. The van der Waals surface area contributed by atoms with Gasteiger partial charge < -0.3 is 15.1 Å². The highest BCUT2D eigenvalue weighted by Gasteiger charge is 2.53. The molecule has 0 radical (unpaired) electrons. The monoisotopic (exact) mass is 332 g/mol. The highest BCUT2D eigenvalue weighted by molar-refractivity contribution is 7.07. The molecule has 5 aliphatic rings. The van der Waals surface area contributed by atoms with Crippen LogP contribution in [0.5, 0.6) is 0 Å². The molecule has 6 rings (SSSR count). The molecule has 4 aliphatic heterocycles. The quantitative estimate of drug-likeness (QED) is 0.895. The van der Waals surface area contributed by atoms with Crippen molar-refractivity contribution in [3.63, 3.8) is 0 Å². The van der Waals surface area contributed by atoms with Gasteiger partial charge in [0.25, 0.3) is 0 Å². The lowest BCUT2D eigenvalue weighted by Gasteiger charge is -2.35. The standard InChI is InChI=1S/C17H24N4OS/c22-17-11-1-2-13(21(17)6-12-9-23-10-19-12)7-20(5-11)8-16-14-3-18-4-15(14)16/h9-11,13-16,18H,1-8H2/t11-,13+,14-,15+,16?/m0/s1. The summed E-state index contributed by atoms with van der Waals surface area (Å²) in [6, 6.07) is 0.389. The number of piperidine rings is 2. The number of rotatable bonds is 4. The smallest absolute Gasteiger partial charge is 0.227 e. The first-order valence-electron chi connectivity index (χ1n) is 8.90. The van der Waals surface area contributed by atoms with Crippen molar-refractivity contribution in [1.29, 1.82) is 0 Å². The van der Waals surface area contributed by atoms with Gasteiger partial charge >= 0.3 is 0 Å². The third-order valence-electron chi connectivity index (χ3n) is 6.42. The van der Waals surface area contributed by atoms with E-state index in [2.05, 4.69) is 25.5 Å². The first-order valence-corrected chi connectivity index (χ1v) is 9.84. The predicted octanol–water partition coefficient (Wildman–Crippen LogP) is 1.03. The molecule has 23 heavy (non-hydrogen) atoms. The molecule has 5 atom stereocenters. The first-order chi connectivity index (χ1) is 11.3. The number of nitrogens with one attached hydrogen (secondary N) is 1. The van der Waals surface area contributed by atoms with Gasteiger partial charge in [-0.05, 0) is 43.7 Å². The van der Waals surface area contributed by atoms with Gasteiger partial charge in [-0.25, -0.2) is 4.98 Å². The SMILES string of the molecule is O=C1[C@H]2CC[C@H](CN(CC3[C@H]4CNC[C@@H]34)C2)N1Cc1cscn1. The van der Waals surface area contributed by atoms with Gasteiger partial charge in [-0.1, -0.05) is 0 Å². The topological polar surface area (TPSA) is 48.5 Å². The van der Waals surface area contributed by atoms with Crippen LogP contribution in [0.15, 0.2) is 10.9 Å². The molecule has 1 aromatic heterocycles. The molecular formula is C17H24N4OS. The minimum atomic E-state index is 0.212. The van der Waals surface area contributed by atoms with Crippen molar-refractivity contribution < 1.29 is 4.79 Å². The minimum Gasteiger partial charge on any atom is -0.332 e. The number of aromatic nitrogens is 1. The Morgan fingerprint density at radius 1 is 1.26 bits per heavy atom. The summed E-state index contributed by atoms with van der Waals surface area (Å²) in [5, 5.41) is 5.55. The van der Waals surface area contributed by atoms with Crippen LogP contribution in [0.1, 0.15) is 18.5 Å². The predicted molar refractivity (Wildman–Crippen MR) is 89.0 cm³/mol. The number of hydrogen-bond acceptors (Lipinski definition) is 5. The Kier molecular flexibility index (Phi) is 3.46. The van der Waals surface area contributed by atoms with Crippen molar-refractivity contribution in [2.45, 2.75) is 25.4 Å². The van der Waals surface area contributed by atoms with Crippen molar-refractivity contribution >= 4 is 17.2 Å². The van der Waals surface area contributed by atoms with Crippen LogP contribution in [-0.4, -0.2) is 59.5 Å². The number of nitrogens with zero attached hydrogens (tertiary/aromatic N) is 3. The van der Waals surface area contributed by atoms with Gasteiger partial charge in [0.2, 0.25) is 5.91 Å². The highest BCUT2D eigenvalue weighted by atomic mass is 32.1. The average molecular weight is 332 g/mol. The number of carbonyl (C=O) groups excluding carboxylic acids is 1. The third kappa shape index (κ3) is 2.51. The number of hydrogen-bond donors (Lipinski definition) is 1. The number of carbonyl (C=O) groups is 1. The molecule has 1 aromatic rings. The van der Waals surface area contributed by atoms with E-state index in [4.69, 9.17) is 0 Å². The zero-order valence-corrected chi connectivity index (χ0v) is 14.2. The zero-order chi connectivity index (χ0) is 15.4.